The first-order chi connectivity index (χ1) is 12.7. The number of H-pyrrole nitrogens is 1. The average Bonchev–Trinajstić information content (AvgIpc) is 3.30. The van der Waals surface area contributed by atoms with Crippen molar-refractivity contribution in [3.8, 4) is 11.4 Å². The summed E-state index contributed by atoms with van der Waals surface area (Å²) in [6, 6.07) is 7.05. The summed E-state index contributed by atoms with van der Waals surface area (Å²) in [5, 5.41) is 9.62. The molecule has 0 saturated carbocycles. The summed E-state index contributed by atoms with van der Waals surface area (Å²) < 4.78 is 7.16. The molecular weight excluding hydrogens is 334 g/mol. The van der Waals surface area contributed by atoms with E-state index in [-0.39, 0.29) is 0 Å². The second-order valence-corrected chi connectivity index (χ2v) is 6.20. The van der Waals surface area contributed by atoms with E-state index in [9.17, 15) is 9.90 Å². The van der Waals surface area contributed by atoms with Gasteiger partial charge < -0.3 is 19.4 Å². The van der Waals surface area contributed by atoms with Gasteiger partial charge in [0.15, 0.2) is 0 Å². The normalized spacial score (nSPS) is 17.0. The smallest absolute Gasteiger partial charge is 0.321 e. The van der Waals surface area contributed by atoms with E-state index in [1.165, 1.54) is 0 Å². The number of carboxylic acid groups (broad SMARTS) is 1. The molecule has 1 aliphatic rings. The Kier molecular flexibility index (Phi) is 4.18. The fourth-order valence-electron chi connectivity index (χ4n) is 3.31. The zero-order valence-corrected chi connectivity index (χ0v) is 14.3. The summed E-state index contributed by atoms with van der Waals surface area (Å²) >= 11 is 0. The summed E-state index contributed by atoms with van der Waals surface area (Å²) in [7, 11) is 1.63. The number of ether oxygens (including phenoxy) is 1. The SMILES string of the molecule is COc1ccc(-n2ccnc2CN2Cc3[nH]cnc3C[C@H]2C(=O)O)cc1. The molecule has 4 rings (SSSR count). The number of hydrogen-bond donors (Lipinski definition) is 2. The Morgan fingerprint density at radius 3 is 2.88 bits per heavy atom. The summed E-state index contributed by atoms with van der Waals surface area (Å²) in [5.41, 5.74) is 2.74. The van der Waals surface area contributed by atoms with Gasteiger partial charge in [0, 0.05) is 31.0 Å². The molecule has 2 aromatic heterocycles. The number of methoxy groups -OCH3 is 1. The van der Waals surface area contributed by atoms with E-state index in [1.807, 2.05) is 39.9 Å². The van der Waals surface area contributed by atoms with Gasteiger partial charge in [-0.1, -0.05) is 0 Å². The van der Waals surface area contributed by atoms with Crippen LogP contribution in [0.3, 0.4) is 0 Å². The van der Waals surface area contributed by atoms with Crippen molar-refractivity contribution >= 4 is 5.97 Å². The quantitative estimate of drug-likeness (QED) is 0.723. The van der Waals surface area contributed by atoms with Crippen LogP contribution in [0.2, 0.25) is 0 Å². The van der Waals surface area contributed by atoms with Crippen LogP contribution in [0.5, 0.6) is 5.75 Å². The summed E-state index contributed by atoms with van der Waals surface area (Å²) in [4.78, 5) is 25.4. The number of aromatic nitrogens is 4. The van der Waals surface area contributed by atoms with Crippen LogP contribution in [0, 0.1) is 0 Å². The Morgan fingerprint density at radius 2 is 2.15 bits per heavy atom. The number of rotatable bonds is 5. The number of benzene rings is 1. The minimum Gasteiger partial charge on any atom is -0.497 e. The van der Waals surface area contributed by atoms with Crippen LogP contribution in [-0.2, 0) is 24.3 Å². The third-order valence-electron chi connectivity index (χ3n) is 4.69. The molecule has 0 radical (unpaired) electrons. The minimum absolute atomic E-state index is 0.386. The molecule has 134 valence electrons. The van der Waals surface area contributed by atoms with Crippen LogP contribution in [0.15, 0.2) is 43.0 Å². The van der Waals surface area contributed by atoms with Crippen LogP contribution in [0.4, 0.5) is 0 Å². The lowest BCUT2D eigenvalue weighted by Gasteiger charge is -2.32. The maximum absolute atomic E-state index is 11.7. The topological polar surface area (TPSA) is 96.3 Å². The third kappa shape index (κ3) is 2.95. The van der Waals surface area contributed by atoms with Gasteiger partial charge in [-0.25, -0.2) is 9.97 Å². The number of imidazole rings is 2. The molecule has 0 fully saturated rings. The van der Waals surface area contributed by atoms with Crippen LogP contribution < -0.4 is 4.74 Å². The number of nitrogens with zero attached hydrogens (tertiary/aromatic N) is 4. The highest BCUT2D eigenvalue weighted by Gasteiger charge is 2.33. The Labute approximate surface area is 150 Å². The van der Waals surface area contributed by atoms with Gasteiger partial charge in [-0.2, -0.15) is 0 Å². The van der Waals surface area contributed by atoms with Crippen molar-refractivity contribution in [1.29, 1.82) is 0 Å². The predicted molar refractivity (Wildman–Crippen MR) is 93.1 cm³/mol. The summed E-state index contributed by atoms with van der Waals surface area (Å²) in [6.45, 7) is 0.927. The maximum Gasteiger partial charge on any atom is 0.321 e. The van der Waals surface area contributed by atoms with Crippen LogP contribution in [0.25, 0.3) is 5.69 Å². The van der Waals surface area contributed by atoms with Crippen molar-refractivity contribution in [2.45, 2.75) is 25.6 Å². The molecule has 1 aromatic carbocycles. The average molecular weight is 353 g/mol. The van der Waals surface area contributed by atoms with Gasteiger partial charge in [0.25, 0.3) is 0 Å². The van der Waals surface area contributed by atoms with Gasteiger partial charge in [-0.15, -0.1) is 0 Å². The lowest BCUT2D eigenvalue weighted by molar-refractivity contribution is -0.144. The Morgan fingerprint density at radius 1 is 1.35 bits per heavy atom. The van der Waals surface area contributed by atoms with Gasteiger partial charge in [-0.05, 0) is 24.3 Å². The van der Waals surface area contributed by atoms with E-state index >= 15 is 0 Å². The lowest BCUT2D eigenvalue weighted by atomic mass is 10.0. The molecule has 0 saturated heterocycles. The number of hydrogen-bond acceptors (Lipinski definition) is 5. The van der Waals surface area contributed by atoms with Crippen molar-refractivity contribution in [2.75, 3.05) is 7.11 Å². The Balaban J connectivity index is 1.61. The fourth-order valence-corrected chi connectivity index (χ4v) is 3.31. The van der Waals surface area contributed by atoms with Crippen LogP contribution >= 0.6 is 0 Å². The highest BCUT2D eigenvalue weighted by Crippen LogP contribution is 2.24. The number of aliphatic carboxylic acids is 1. The molecule has 0 unspecified atom stereocenters. The lowest BCUT2D eigenvalue weighted by Crippen LogP contribution is -2.45. The van der Waals surface area contributed by atoms with Crippen molar-refractivity contribution < 1.29 is 14.6 Å². The first-order valence-electron chi connectivity index (χ1n) is 8.30. The van der Waals surface area contributed by atoms with Crippen molar-refractivity contribution in [1.82, 2.24) is 24.4 Å². The molecule has 0 aliphatic carbocycles. The number of aromatic amines is 1. The van der Waals surface area contributed by atoms with E-state index in [2.05, 4.69) is 15.0 Å². The maximum atomic E-state index is 11.7. The molecule has 0 bridgehead atoms. The second kappa shape index (κ2) is 6.64. The first-order valence-corrected chi connectivity index (χ1v) is 8.30. The number of carboxylic acids is 1. The van der Waals surface area contributed by atoms with Crippen LogP contribution in [-0.4, -0.2) is 48.6 Å². The largest absolute Gasteiger partial charge is 0.497 e. The monoisotopic (exact) mass is 353 g/mol. The Hall–Kier alpha value is -3.13. The highest BCUT2D eigenvalue weighted by atomic mass is 16.5. The second-order valence-electron chi connectivity index (χ2n) is 6.20. The number of nitrogens with one attached hydrogen (secondary N) is 1. The van der Waals surface area contributed by atoms with Crippen molar-refractivity contribution in [3.63, 3.8) is 0 Å². The molecule has 26 heavy (non-hydrogen) atoms. The summed E-state index contributed by atoms with van der Waals surface area (Å²) in [5.74, 6) is 0.717. The minimum atomic E-state index is -0.846. The number of fused-ring (bicyclic) bond motifs is 1. The molecule has 1 atom stereocenters. The van der Waals surface area contributed by atoms with Gasteiger partial charge in [0.2, 0.25) is 0 Å². The predicted octanol–water partition coefficient (Wildman–Crippen LogP) is 1.62. The molecule has 1 aliphatic heterocycles. The fraction of sp³-hybridized carbons (Fsp3) is 0.278. The molecule has 3 heterocycles. The molecule has 0 amide bonds. The van der Waals surface area contributed by atoms with E-state index in [0.29, 0.717) is 19.5 Å². The number of carbonyl (C=O) groups is 1. The van der Waals surface area contributed by atoms with E-state index in [0.717, 1.165) is 28.6 Å². The van der Waals surface area contributed by atoms with Gasteiger partial charge >= 0.3 is 5.97 Å². The summed E-state index contributed by atoms with van der Waals surface area (Å²) in [6.07, 6.45) is 5.60. The van der Waals surface area contributed by atoms with Gasteiger partial charge in [-0.3, -0.25) is 9.69 Å². The van der Waals surface area contributed by atoms with E-state index in [4.69, 9.17) is 4.74 Å². The van der Waals surface area contributed by atoms with Crippen LogP contribution in [0.1, 0.15) is 17.2 Å². The Bertz CT molecular complexity index is 915. The van der Waals surface area contributed by atoms with Crippen molar-refractivity contribution in [3.05, 3.63) is 60.2 Å². The molecule has 8 heteroatoms. The molecule has 0 spiro atoms. The highest BCUT2D eigenvalue weighted by molar-refractivity contribution is 5.74. The third-order valence-corrected chi connectivity index (χ3v) is 4.69. The molecule has 3 aromatic rings. The van der Waals surface area contributed by atoms with Gasteiger partial charge in [0.1, 0.15) is 17.6 Å². The van der Waals surface area contributed by atoms with E-state index in [1.54, 1.807) is 19.6 Å². The molecule has 8 nitrogen and oxygen atoms in total. The zero-order valence-electron chi connectivity index (χ0n) is 14.3. The van der Waals surface area contributed by atoms with E-state index < -0.39 is 12.0 Å². The van der Waals surface area contributed by atoms with Gasteiger partial charge in [0.05, 0.1) is 31.4 Å². The molecular formula is C18H19N5O3. The standard InChI is InChI=1S/C18H19N5O3/c1-26-13-4-2-12(3-5-13)23-7-6-19-17(23)10-22-9-15-14(20-11-21-15)8-16(22)18(24)25/h2-7,11,16H,8-10H2,1H3,(H,20,21)(H,24,25)/t16-/m0/s1. The first kappa shape index (κ1) is 16.3. The van der Waals surface area contributed by atoms with Crippen molar-refractivity contribution in [2.24, 2.45) is 0 Å². The molecule has 2 N–H and O–H groups in total. The zero-order chi connectivity index (χ0) is 18.1.